The average Bonchev–Trinajstić information content (AvgIpc) is 3.12. The average molecular weight is 563 g/mol. The van der Waals surface area contributed by atoms with Gasteiger partial charge in [0, 0.05) is 34.5 Å². The minimum atomic E-state index is -0.357. The fourth-order valence-electron chi connectivity index (χ4n) is 4.31. The van der Waals surface area contributed by atoms with Crippen LogP contribution in [0.5, 0.6) is 5.75 Å². The summed E-state index contributed by atoms with van der Waals surface area (Å²) in [6.07, 6.45) is 0.531. The van der Waals surface area contributed by atoms with E-state index in [1.54, 1.807) is 18.4 Å². The number of carbonyl (C=O) groups excluding carboxylic acids is 1. The lowest BCUT2D eigenvalue weighted by molar-refractivity contribution is 0.0934. The summed E-state index contributed by atoms with van der Waals surface area (Å²) in [6, 6.07) is 14.4. The largest absolute Gasteiger partial charge is 0.495 e. The molecule has 1 atom stereocenters. The zero-order valence-corrected chi connectivity index (χ0v) is 20.9. The maximum absolute atomic E-state index is 13.1. The Bertz CT molecular complexity index is 1150. The molecule has 0 aliphatic carbocycles. The maximum atomic E-state index is 13.1. The Morgan fingerprint density at radius 3 is 2.77 bits per heavy atom. The molecule has 0 unspecified atom stereocenters. The molecule has 2 aliphatic rings. The van der Waals surface area contributed by atoms with Crippen molar-refractivity contribution in [1.29, 1.82) is 0 Å². The summed E-state index contributed by atoms with van der Waals surface area (Å²) >= 11 is 8.79. The minimum absolute atomic E-state index is 0.0223. The van der Waals surface area contributed by atoms with Gasteiger partial charge in [-0.25, -0.2) is 0 Å². The van der Waals surface area contributed by atoms with Crippen molar-refractivity contribution >= 4 is 54.1 Å². The van der Waals surface area contributed by atoms with E-state index in [1.807, 2.05) is 18.2 Å². The number of anilines is 1. The quantitative estimate of drug-likeness (QED) is 0.428. The van der Waals surface area contributed by atoms with Crippen molar-refractivity contribution in [2.45, 2.75) is 25.7 Å². The van der Waals surface area contributed by atoms with Crippen molar-refractivity contribution in [2.75, 3.05) is 19.0 Å². The van der Waals surface area contributed by atoms with Gasteiger partial charge in [-0.1, -0.05) is 46.3 Å². The third kappa shape index (κ3) is 4.02. The van der Waals surface area contributed by atoms with Gasteiger partial charge in [-0.2, -0.15) is 0 Å². The highest BCUT2D eigenvalue weighted by Crippen LogP contribution is 2.43. The van der Waals surface area contributed by atoms with Gasteiger partial charge in [0.05, 0.1) is 17.1 Å². The summed E-state index contributed by atoms with van der Waals surface area (Å²) in [7, 11) is 1.64. The number of nitrogens with one attached hydrogen (secondary N) is 2. The highest BCUT2D eigenvalue weighted by atomic mass is 79.9. The van der Waals surface area contributed by atoms with Crippen molar-refractivity contribution in [3.63, 3.8) is 0 Å². The predicted molar refractivity (Wildman–Crippen MR) is 131 cm³/mol. The van der Waals surface area contributed by atoms with Gasteiger partial charge in [0.25, 0.3) is 5.91 Å². The highest BCUT2D eigenvalue weighted by Gasteiger charge is 2.34. The Hall–Kier alpha value is -1.87. The van der Waals surface area contributed by atoms with Crippen LogP contribution in [-0.4, -0.2) is 24.5 Å². The summed E-state index contributed by atoms with van der Waals surface area (Å²) in [5.74, 6) is 0.686. The molecule has 1 aromatic heterocycles. The molecule has 5 nitrogen and oxygen atoms in total. The number of thiophene rings is 1. The molecule has 8 heteroatoms. The molecular weight excluding hydrogens is 542 g/mol. The number of halogens is 2. The molecule has 0 bridgehead atoms. The molecule has 0 saturated heterocycles. The van der Waals surface area contributed by atoms with Crippen LogP contribution in [0.25, 0.3) is 0 Å². The third-order valence-corrected chi connectivity index (χ3v) is 7.91. The van der Waals surface area contributed by atoms with E-state index in [0.29, 0.717) is 5.75 Å². The molecule has 2 N–H and O–H groups in total. The van der Waals surface area contributed by atoms with Gasteiger partial charge in [-0.05, 0) is 45.6 Å². The fraction of sp³-hybridized carbons (Fsp3) is 0.261. The van der Waals surface area contributed by atoms with Crippen LogP contribution in [0.1, 0.15) is 38.1 Å². The zero-order valence-electron chi connectivity index (χ0n) is 16.9. The topological polar surface area (TPSA) is 53.6 Å². The van der Waals surface area contributed by atoms with Crippen LogP contribution in [0.15, 0.2) is 51.4 Å². The lowest BCUT2D eigenvalue weighted by atomic mass is 10.00. The number of fused-ring (bicyclic) bond motifs is 3. The van der Waals surface area contributed by atoms with Crippen molar-refractivity contribution in [3.05, 3.63) is 78.5 Å². The van der Waals surface area contributed by atoms with Crippen LogP contribution in [0.3, 0.4) is 0 Å². The number of nitrogens with zero attached hydrogens (tertiary/aromatic N) is 1. The van der Waals surface area contributed by atoms with E-state index < -0.39 is 0 Å². The van der Waals surface area contributed by atoms with Gasteiger partial charge in [0.1, 0.15) is 16.9 Å². The van der Waals surface area contributed by atoms with Gasteiger partial charge < -0.3 is 15.4 Å². The second-order valence-corrected chi connectivity index (χ2v) is 10.6. The predicted octanol–water partition coefficient (Wildman–Crippen LogP) is 5.69. The molecule has 160 valence electrons. The number of methoxy groups -OCH3 is 1. The number of benzene rings is 2. The van der Waals surface area contributed by atoms with Crippen LogP contribution in [0, 0.1) is 0 Å². The first-order chi connectivity index (χ1) is 15.0. The standard InChI is InChI=1S/C23H21Br2N3O2S/c1-30-20-16(9-14(24)10-17(20)25)21-26-22(29)19-15-7-8-28(11-13-5-3-2-4-6-13)12-18(15)31-23(19)27-21/h2-6,9-10,21,27H,7-8,11-12H2,1H3,(H,26,29)/t21-/m0/s1. The first kappa shape index (κ1) is 21.0. The van der Waals surface area contributed by atoms with Gasteiger partial charge >= 0.3 is 0 Å². The number of hydrogen-bond acceptors (Lipinski definition) is 5. The summed E-state index contributed by atoms with van der Waals surface area (Å²) in [5, 5.41) is 7.61. The summed E-state index contributed by atoms with van der Waals surface area (Å²) in [4.78, 5) is 16.8. The Kier molecular flexibility index (Phi) is 5.81. The number of carbonyl (C=O) groups is 1. The molecule has 0 spiro atoms. The second kappa shape index (κ2) is 8.58. The van der Waals surface area contributed by atoms with Gasteiger partial charge in [-0.3, -0.25) is 9.69 Å². The number of hydrogen-bond donors (Lipinski definition) is 2. The van der Waals surface area contributed by atoms with E-state index in [4.69, 9.17) is 4.74 Å². The van der Waals surface area contributed by atoms with E-state index in [-0.39, 0.29) is 12.1 Å². The van der Waals surface area contributed by atoms with E-state index in [0.717, 1.165) is 51.1 Å². The van der Waals surface area contributed by atoms with Crippen LogP contribution < -0.4 is 15.4 Å². The summed E-state index contributed by atoms with van der Waals surface area (Å²) in [6.45, 7) is 2.75. The normalized spacial score (nSPS) is 18.0. The first-order valence-corrected chi connectivity index (χ1v) is 12.4. The van der Waals surface area contributed by atoms with Gasteiger partial charge in [-0.15, -0.1) is 11.3 Å². The third-order valence-electron chi connectivity index (χ3n) is 5.72. The minimum Gasteiger partial charge on any atom is -0.495 e. The Morgan fingerprint density at radius 2 is 2.00 bits per heavy atom. The lowest BCUT2D eigenvalue weighted by Crippen LogP contribution is -2.39. The molecule has 5 rings (SSSR count). The van der Waals surface area contributed by atoms with Crippen LogP contribution in [0.2, 0.25) is 0 Å². The van der Waals surface area contributed by atoms with Crippen molar-refractivity contribution < 1.29 is 9.53 Å². The lowest BCUT2D eigenvalue weighted by Gasteiger charge is -2.29. The molecule has 31 heavy (non-hydrogen) atoms. The number of rotatable bonds is 4. The van der Waals surface area contributed by atoms with Gasteiger partial charge in [0.15, 0.2) is 0 Å². The van der Waals surface area contributed by atoms with E-state index in [1.165, 1.54) is 16.0 Å². The number of ether oxygens (including phenoxy) is 1. The zero-order chi connectivity index (χ0) is 21.5. The molecule has 0 fully saturated rings. The molecule has 2 aromatic carbocycles. The smallest absolute Gasteiger partial charge is 0.256 e. The summed E-state index contributed by atoms with van der Waals surface area (Å²) < 4.78 is 7.35. The molecule has 2 aliphatic heterocycles. The fourth-order valence-corrected chi connectivity index (χ4v) is 7.05. The summed E-state index contributed by atoms with van der Waals surface area (Å²) in [5.41, 5.74) is 4.19. The van der Waals surface area contributed by atoms with E-state index >= 15 is 0 Å². The van der Waals surface area contributed by atoms with E-state index in [2.05, 4.69) is 71.7 Å². The van der Waals surface area contributed by atoms with Crippen LogP contribution in [-0.2, 0) is 19.5 Å². The molecule has 0 radical (unpaired) electrons. The van der Waals surface area contributed by atoms with Crippen molar-refractivity contribution in [3.8, 4) is 5.75 Å². The Morgan fingerprint density at radius 1 is 1.19 bits per heavy atom. The SMILES string of the molecule is COc1c(Br)cc(Br)cc1[C@H]1NC(=O)c2c(sc3c2CCN(Cc2ccccc2)C3)N1. The van der Waals surface area contributed by atoms with Crippen LogP contribution in [0.4, 0.5) is 5.00 Å². The highest BCUT2D eigenvalue weighted by molar-refractivity contribution is 9.11. The maximum Gasteiger partial charge on any atom is 0.256 e. The van der Waals surface area contributed by atoms with Crippen LogP contribution >= 0.6 is 43.2 Å². The van der Waals surface area contributed by atoms with Crippen molar-refractivity contribution in [1.82, 2.24) is 10.2 Å². The molecular formula is C23H21Br2N3O2S. The number of amides is 1. The second-order valence-electron chi connectivity index (χ2n) is 7.72. The first-order valence-electron chi connectivity index (χ1n) is 10.0. The monoisotopic (exact) mass is 561 g/mol. The molecule has 1 amide bonds. The Labute approximate surface area is 202 Å². The van der Waals surface area contributed by atoms with Crippen molar-refractivity contribution in [2.24, 2.45) is 0 Å². The van der Waals surface area contributed by atoms with Gasteiger partial charge in [0.2, 0.25) is 0 Å². The molecule has 3 aromatic rings. The molecule has 0 saturated carbocycles. The Balaban J connectivity index is 1.42. The molecule has 3 heterocycles. The van der Waals surface area contributed by atoms with E-state index in [9.17, 15) is 4.79 Å².